The van der Waals surface area contributed by atoms with Gasteiger partial charge in [0.25, 0.3) is 0 Å². The van der Waals surface area contributed by atoms with Gasteiger partial charge in [-0.1, -0.05) is 24.3 Å². The largest absolute Gasteiger partial charge is 0.350 e. The maximum Gasteiger partial charge on any atom is 0.239 e. The van der Waals surface area contributed by atoms with Crippen LogP contribution in [0.3, 0.4) is 0 Å². The predicted octanol–water partition coefficient (Wildman–Crippen LogP) is -0.561. The Morgan fingerprint density at radius 2 is 1.85 bits per heavy atom. The van der Waals surface area contributed by atoms with Crippen LogP contribution in [-0.4, -0.2) is 43.9 Å². The molecule has 0 radical (unpaired) electrons. The molecule has 110 valence electrons. The Morgan fingerprint density at radius 3 is 2.50 bits per heavy atom. The van der Waals surface area contributed by atoms with Crippen LogP contribution < -0.4 is 16.4 Å². The monoisotopic (exact) mass is 278 g/mol. The average Bonchev–Trinajstić information content (AvgIpc) is 2.42. The standard InChI is InChI=1S/C14H22N4O2/c1-18(2)10-12-5-3-4-11(6-12)8-16-14(20)9-17-13(19)7-15/h3-6H,7-10,15H2,1-2H3,(H,16,20)(H,17,19). The Morgan fingerprint density at radius 1 is 1.15 bits per heavy atom. The van der Waals surface area contributed by atoms with Crippen LogP contribution in [0.4, 0.5) is 0 Å². The minimum Gasteiger partial charge on any atom is -0.350 e. The van der Waals surface area contributed by atoms with E-state index in [1.807, 2.05) is 32.3 Å². The van der Waals surface area contributed by atoms with Crippen LogP contribution in [0.25, 0.3) is 0 Å². The highest BCUT2D eigenvalue weighted by Crippen LogP contribution is 2.06. The lowest BCUT2D eigenvalue weighted by molar-refractivity contribution is -0.125. The Labute approximate surface area is 119 Å². The van der Waals surface area contributed by atoms with E-state index in [9.17, 15) is 9.59 Å². The van der Waals surface area contributed by atoms with E-state index in [1.165, 1.54) is 5.56 Å². The number of hydrogen-bond donors (Lipinski definition) is 3. The Kier molecular flexibility index (Phi) is 6.69. The summed E-state index contributed by atoms with van der Waals surface area (Å²) in [6, 6.07) is 8.03. The van der Waals surface area contributed by atoms with E-state index in [2.05, 4.69) is 21.6 Å². The highest BCUT2D eigenvalue weighted by molar-refractivity contribution is 5.85. The van der Waals surface area contributed by atoms with E-state index in [0.717, 1.165) is 12.1 Å². The molecule has 0 aliphatic rings. The first-order valence-corrected chi connectivity index (χ1v) is 6.47. The van der Waals surface area contributed by atoms with E-state index in [4.69, 9.17) is 5.73 Å². The van der Waals surface area contributed by atoms with Gasteiger partial charge in [0.1, 0.15) is 0 Å². The van der Waals surface area contributed by atoms with Gasteiger partial charge in [-0.3, -0.25) is 9.59 Å². The predicted molar refractivity (Wildman–Crippen MR) is 77.7 cm³/mol. The van der Waals surface area contributed by atoms with Crippen molar-refractivity contribution >= 4 is 11.8 Å². The van der Waals surface area contributed by atoms with Gasteiger partial charge in [-0.15, -0.1) is 0 Å². The van der Waals surface area contributed by atoms with Crippen LogP contribution >= 0.6 is 0 Å². The lowest BCUT2D eigenvalue weighted by atomic mass is 10.1. The zero-order valence-electron chi connectivity index (χ0n) is 12.0. The van der Waals surface area contributed by atoms with Crippen molar-refractivity contribution in [1.29, 1.82) is 0 Å². The van der Waals surface area contributed by atoms with Crippen molar-refractivity contribution in [3.63, 3.8) is 0 Å². The summed E-state index contributed by atoms with van der Waals surface area (Å²) in [6.45, 7) is 1.14. The van der Waals surface area contributed by atoms with Gasteiger partial charge in [0.15, 0.2) is 0 Å². The number of rotatable bonds is 7. The summed E-state index contributed by atoms with van der Waals surface area (Å²) in [7, 11) is 4.02. The third kappa shape index (κ3) is 6.31. The molecular formula is C14H22N4O2. The van der Waals surface area contributed by atoms with Gasteiger partial charge in [-0.2, -0.15) is 0 Å². The van der Waals surface area contributed by atoms with Crippen LogP contribution in [0.15, 0.2) is 24.3 Å². The first-order chi connectivity index (χ1) is 9.51. The molecule has 0 fully saturated rings. The molecule has 1 rings (SSSR count). The molecule has 0 saturated carbocycles. The van der Waals surface area contributed by atoms with Crippen LogP contribution in [0, 0.1) is 0 Å². The first-order valence-electron chi connectivity index (χ1n) is 6.47. The molecule has 0 saturated heterocycles. The van der Waals surface area contributed by atoms with Crippen molar-refractivity contribution < 1.29 is 9.59 Å². The normalized spacial score (nSPS) is 10.4. The minimum atomic E-state index is -0.340. The number of carbonyl (C=O) groups is 2. The van der Waals surface area contributed by atoms with E-state index >= 15 is 0 Å². The van der Waals surface area contributed by atoms with Gasteiger partial charge < -0.3 is 21.3 Å². The second kappa shape index (κ2) is 8.29. The molecule has 20 heavy (non-hydrogen) atoms. The summed E-state index contributed by atoms with van der Waals surface area (Å²) in [4.78, 5) is 24.5. The molecular weight excluding hydrogens is 256 g/mol. The van der Waals surface area contributed by atoms with E-state index < -0.39 is 0 Å². The zero-order chi connectivity index (χ0) is 15.0. The Bertz CT molecular complexity index is 460. The number of carbonyl (C=O) groups excluding carboxylic acids is 2. The van der Waals surface area contributed by atoms with Crippen molar-refractivity contribution in [1.82, 2.24) is 15.5 Å². The Balaban J connectivity index is 2.41. The van der Waals surface area contributed by atoms with Gasteiger partial charge in [-0.25, -0.2) is 0 Å². The fraction of sp³-hybridized carbons (Fsp3) is 0.429. The molecule has 0 atom stereocenters. The molecule has 4 N–H and O–H groups in total. The van der Waals surface area contributed by atoms with Gasteiger partial charge in [0.2, 0.25) is 11.8 Å². The Hall–Kier alpha value is -1.92. The van der Waals surface area contributed by atoms with Gasteiger partial charge >= 0.3 is 0 Å². The van der Waals surface area contributed by atoms with E-state index in [1.54, 1.807) is 0 Å². The zero-order valence-corrected chi connectivity index (χ0v) is 12.0. The number of benzene rings is 1. The smallest absolute Gasteiger partial charge is 0.239 e. The summed E-state index contributed by atoms with van der Waals surface area (Å²) in [6.07, 6.45) is 0. The fourth-order valence-corrected chi connectivity index (χ4v) is 1.72. The first kappa shape index (κ1) is 16.1. The topological polar surface area (TPSA) is 87.5 Å². The third-order valence-electron chi connectivity index (χ3n) is 2.61. The molecule has 0 bridgehead atoms. The maximum atomic E-state index is 11.5. The summed E-state index contributed by atoms with van der Waals surface area (Å²) >= 11 is 0. The molecule has 1 aromatic rings. The van der Waals surface area contributed by atoms with Crippen molar-refractivity contribution in [3.05, 3.63) is 35.4 Å². The molecule has 0 aromatic heterocycles. The number of nitrogens with one attached hydrogen (secondary N) is 2. The molecule has 0 aliphatic carbocycles. The molecule has 6 heteroatoms. The quantitative estimate of drug-likeness (QED) is 0.624. The van der Waals surface area contributed by atoms with Gasteiger partial charge in [0, 0.05) is 13.1 Å². The van der Waals surface area contributed by atoms with Gasteiger partial charge in [0.05, 0.1) is 13.1 Å². The van der Waals surface area contributed by atoms with E-state index in [-0.39, 0.29) is 24.9 Å². The number of amides is 2. The molecule has 1 aromatic carbocycles. The van der Waals surface area contributed by atoms with Crippen LogP contribution in [0.5, 0.6) is 0 Å². The molecule has 0 spiro atoms. The molecule has 0 aliphatic heterocycles. The third-order valence-corrected chi connectivity index (χ3v) is 2.61. The lowest BCUT2D eigenvalue weighted by Gasteiger charge is -2.11. The molecule has 0 heterocycles. The van der Waals surface area contributed by atoms with Crippen LogP contribution in [0.1, 0.15) is 11.1 Å². The lowest BCUT2D eigenvalue weighted by Crippen LogP contribution is -2.39. The van der Waals surface area contributed by atoms with E-state index in [0.29, 0.717) is 6.54 Å². The molecule has 2 amide bonds. The molecule has 6 nitrogen and oxygen atoms in total. The van der Waals surface area contributed by atoms with Crippen LogP contribution in [-0.2, 0) is 22.7 Å². The van der Waals surface area contributed by atoms with Crippen molar-refractivity contribution in [2.24, 2.45) is 5.73 Å². The maximum absolute atomic E-state index is 11.5. The highest BCUT2D eigenvalue weighted by Gasteiger charge is 2.04. The molecule has 0 unspecified atom stereocenters. The highest BCUT2D eigenvalue weighted by atomic mass is 16.2. The van der Waals surface area contributed by atoms with Crippen molar-refractivity contribution in [2.75, 3.05) is 27.2 Å². The van der Waals surface area contributed by atoms with Crippen LogP contribution in [0.2, 0.25) is 0 Å². The number of nitrogens with zero attached hydrogens (tertiary/aromatic N) is 1. The second-order valence-corrected chi connectivity index (χ2v) is 4.82. The van der Waals surface area contributed by atoms with Crippen molar-refractivity contribution in [3.8, 4) is 0 Å². The second-order valence-electron chi connectivity index (χ2n) is 4.82. The van der Waals surface area contributed by atoms with Gasteiger partial charge in [-0.05, 0) is 25.2 Å². The fourth-order valence-electron chi connectivity index (χ4n) is 1.72. The summed E-state index contributed by atoms with van der Waals surface area (Å²) in [5.41, 5.74) is 7.36. The minimum absolute atomic E-state index is 0.0482. The summed E-state index contributed by atoms with van der Waals surface area (Å²) in [5.74, 6) is -0.571. The van der Waals surface area contributed by atoms with Crippen molar-refractivity contribution in [2.45, 2.75) is 13.1 Å². The number of nitrogens with two attached hydrogens (primary N) is 1. The average molecular weight is 278 g/mol. The summed E-state index contributed by atoms with van der Waals surface area (Å²) < 4.78 is 0. The SMILES string of the molecule is CN(C)Cc1cccc(CNC(=O)CNC(=O)CN)c1. The number of hydrogen-bond acceptors (Lipinski definition) is 4. The summed E-state index contributed by atoms with van der Waals surface area (Å²) in [5, 5.41) is 5.17.